The molecule has 0 unspecified atom stereocenters. The molecule has 0 atom stereocenters. The van der Waals surface area contributed by atoms with Crippen LogP contribution in [0.4, 0.5) is 33.7 Å². The summed E-state index contributed by atoms with van der Waals surface area (Å²) in [5, 5.41) is 3.96. The number of benzene rings is 2. The van der Waals surface area contributed by atoms with E-state index < -0.39 is 44.5 Å². The van der Waals surface area contributed by atoms with E-state index in [2.05, 4.69) is 14.8 Å². The lowest BCUT2D eigenvalue weighted by atomic mass is 10.1. The van der Waals surface area contributed by atoms with Gasteiger partial charge in [0.25, 0.3) is 10.0 Å². The fraction of sp³-hybridized carbons (Fsp3) is 0.292. The van der Waals surface area contributed by atoms with Crippen molar-refractivity contribution in [2.75, 3.05) is 29.8 Å². The number of sulfonamides is 1. The molecule has 0 radical (unpaired) electrons. The second-order valence-corrected chi connectivity index (χ2v) is 13.8. The largest absolute Gasteiger partial charge is 0.489 e. The van der Waals surface area contributed by atoms with Gasteiger partial charge in [0.2, 0.25) is 5.60 Å². The lowest BCUT2D eigenvalue weighted by Gasteiger charge is -2.31. The van der Waals surface area contributed by atoms with Crippen molar-refractivity contribution in [3.05, 3.63) is 65.8 Å². The number of hydrogen-bond donors (Lipinski definition) is 4. The number of nitrogens with zero attached hydrogens (tertiary/aromatic N) is 1. The molecule has 0 bridgehead atoms. The molecule has 0 aliphatic carbocycles. The van der Waals surface area contributed by atoms with Crippen molar-refractivity contribution >= 4 is 49.6 Å². The molecular formula is C24H31F4N3O7S3. The standard InChI is InChI=1S/C19H18F4N2O5S.C5H9NO2S2.2H2/c1-18(2,19(21,22)23)30-17(26)24-13-5-8-16-15(11-13)25(9-10-29-16)31(27,28)14-6-3-12(20)4-7-14;1-6-10(7,8)5-3-2-4-9-5;;/h3-8,11H,9-10H2,1-2H3,(H,24,26);2-4,6-8H,1H3;2*1H. The summed E-state index contributed by atoms with van der Waals surface area (Å²) in [6.45, 7) is 1.37. The number of ether oxygens (including phenoxy) is 2. The maximum Gasteiger partial charge on any atom is 0.427 e. The number of amides is 1. The SMILES string of the molecule is CC(C)(OC(=O)Nc1ccc2c(c1)N(S(=O)(=O)c1ccc(F)cc1)CCO2)C(F)(F)F.CNS(O)(O)c1cccs1.[HH].[HH]. The molecule has 0 fully saturated rings. The Morgan fingerprint density at radius 3 is 2.34 bits per heavy atom. The van der Waals surface area contributed by atoms with Crippen molar-refractivity contribution in [1.29, 1.82) is 0 Å². The summed E-state index contributed by atoms with van der Waals surface area (Å²) in [6, 6.07) is 11.6. The average molecular weight is 646 g/mol. The van der Waals surface area contributed by atoms with E-state index in [1.54, 1.807) is 17.5 Å². The van der Waals surface area contributed by atoms with Gasteiger partial charge in [-0.25, -0.2) is 22.3 Å². The van der Waals surface area contributed by atoms with Crippen LogP contribution in [0.25, 0.3) is 0 Å². The molecule has 0 spiro atoms. The van der Waals surface area contributed by atoms with Gasteiger partial charge in [-0.1, -0.05) is 0 Å². The number of alkyl halides is 3. The van der Waals surface area contributed by atoms with Crippen molar-refractivity contribution in [2.24, 2.45) is 0 Å². The molecule has 2 heterocycles. The van der Waals surface area contributed by atoms with E-state index in [4.69, 9.17) is 4.74 Å². The molecule has 10 nitrogen and oxygen atoms in total. The zero-order chi connectivity index (χ0) is 30.6. The zero-order valence-electron chi connectivity index (χ0n) is 21.8. The lowest BCUT2D eigenvalue weighted by Crippen LogP contribution is -2.44. The minimum Gasteiger partial charge on any atom is -0.489 e. The second kappa shape index (κ2) is 12.4. The van der Waals surface area contributed by atoms with Crippen LogP contribution < -0.4 is 19.1 Å². The van der Waals surface area contributed by atoms with Gasteiger partial charge in [0.05, 0.1) is 17.1 Å². The number of halogens is 4. The number of thiophene rings is 1. The summed E-state index contributed by atoms with van der Waals surface area (Å²) in [4.78, 5) is 11.8. The third-order valence-electron chi connectivity index (χ3n) is 5.52. The number of carbonyl (C=O) groups excluding carboxylic acids is 1. The number of rotatable bonds is 6. The lowest BCUT2D eigenvalue weighted by molar-refractivity contribution is -0.242. The molecule has 230 valence electrons. The van der Waals surface area contributed by atoms with Gasteiger partial charge in [-0.15, -0.1) is 22.1 Å². The first kappa shape index (κ1) is 32.4. The van der Waals surface area contributed by atoms with Crippen molar-refractivity contribution < 1.29 is 52.2 Å². The minimum atomic E-state index is -4.78. The summed E-state index contributed by atoms with van der Waals surface area (Å²) in [7, 11) is -5.26. The van der Waals surface area contributed by atoms with E-state index >= 15 is 0 Å². The second-order valence-electron chi connectivity index (χ2n) is 8.77. The van der Waals surface area contributed by atoms with Crippen molar-refractivity contribution in [3.63, 3.8) is 0 Å². The van der Waals surface area contributed by atoms with Gasteiger partial charge in [-0.3, -0.25) is 18.7 Å². The van der Waals surface area contributed by atoms with Gasteiger partial charge in [0, 0.05) is 15.6 Å². The maximum absolute atomic E-state index is 13.2. The number of anilines is 2. The van der Waals surface area contributed by atoms with Gasteiger partial charge < -0.3 is 9.47 Å². The zero-order valence-corrected chi connectivity index (χ0v) is 24.3. The Morgan fingerprint density at radius 1 is 1.12 bits per heavy atom. The van der Waals surface area contributed by atoms with Gasteiger partial charge in [0.1, 0.15) is 22.4 Å². The van der Waals surface area contributed by atoms with E-state index in [1.807, 2.05) is 0 Å². The molecule has 1 amide bonds. The molecule has 3 aromatic rings. The van der Waals surface area contributed by atoms with E-state index in [1.165, 1.54) is 36.6 Å². The van der Waals surface area contributed by atoms with Crippen molar-refractivity contribution in [2.45, 2.75) is 34.7 Å². The highest BCUT2D eigenvalue weighted by Crippen LogP contribution is 2.45. The molecule has 0 saturated heterocycles. The summed E-state index contributed by atoms with van der Waals surface area (Å²) in [5.74, 6) is -0.417. The number of carbonyl (C=O) groups is 1. The molecular weight excluding hydrogens is 614 g/mol. The number of hydrogen-bond acceptors (Lipinski definition) is 9. The fourth-order valence-electron chi connectivity index (χ4n) is 3.21. The number of nitrogens with one attached hydrogen (secondary N) is 2. The van der Waals surface area contributed by atoms with Crippen LogP contribution in [0.2, 0.25) is 0 Å². The predicted molar refractivity (Wildman–Crippen MR) is 152 cm³/mol. The van der Waals surface area contributed by atoms with Crippen LogP contribution in [0.3, 0.4) is 0 Å². The highest BCUT2D eigenvalue weighted by molar-refractivity contribution is 8.23. The first-order valence-corrected chi connectivity index (χ1v) is 15.5. The molecule has 1 aliphatic heterocycles. The van der Waals surface area contributed by atoms with Crippen LogP contribution in [0.15, 0.2) is 69.1 Å². The third-order valence-corrected chi connectivity index (χ3v) is 10.3. The summed E-state index contributed by atoms with van der Waals surface area (Å²) >= 11 is 1.33. The Balaban J connectivity index is 0.000000656. The Hall–Kier alpha value is -3.09. The molecule has 2 aromatic carbocycles. The van der Waals surface area contributed by atoms with Crippen LogP contribution in [-0.2, 0) is 14.8 Å². The Bertz CT molecular complexity index is 1460. The fourth-order valence-corrected chi connectivity index (χ4v) is 6.54. The quantitative estimate of drug-likeness (QED) is 0.215. The van der Waals surface area contributed by atoms with Crippen LogP contribution in [0.1, 0.15) is 16.7 Å². The molecule has 17 heteroatoms. The van der Waals surface area contributed by atoms with Gasteiger partial charge in [0.15, 0.2) is 0 Å². The van der Waals surface area contributed by atoms with E-state index in [-0.39, 0.29) is 38.0 Å². The smallest absolute Gasteiger partial charge is 0.427 e. The topological polar surface area (TPSA) is 137 Å². The van der Waals surface area contributed by atoms with E-state index in [0.717, 1.165) is 28.6 Å². The summed E-state index contributed by atoms with van der Waals surface area (Å²) < 4.78 is 110. The first-order valence-electron chi connectivity index (χ1n) is 11.6. The minimum absolute atomic E-state index is 0. The van der Waals surface area contributed by atoms with Crippen LogP contribution >= 0.6 is 22.1 Å². The van der Waals surface area contributed by atoms with Crippen LogP contribution in [-0.4, -0.2) is 55.6 Å². The maximum atomic E-state index is 13.2. The normalized spacial score (nSPS) is 14.2. The summed E-state index contributed by atoms with van der Waals surface area (Å²) in [5.41, 5.74) is -2.68. The van der Waals surface area contributed by atoms with Crippen molar-refractivity contribution in [1.82, 2.24) is 4.72 Å². The third kappa shape index (κ3) is 7.81. The van der Waals surface area contributed by atoms with Crippen LogP contribution in [0.5, 0.6) is 5.75 Å². The first-order chi connectivity index (χ1) is 19.0. The van der Waals surface area contributed by atoms with E-state index in [9.17, 15) is 39.9 Å². The highest BCUT2D eigenvalue weighted by atomic mass is 32.3. The Kier molecular flexibility index (Phi) is 9.82. The van der Waals surface area contributed by atoms with Gasteiger partial charge >= 0.3 is 12.3 Å². The average Bonchev–Trinajstić information content (AvgIpc) is 3.44. The predicted octanol–water partition coefficient (Wildman–Crippen LogP) is 6.79. The highest BCUT2D eigenvalue weighted by Gasteiger charge is 2.51. The van der Waals surface area contributed by atoms with E-state index in [0.29, 0.717) is 18.1 Å². The van der Waals surface area contributed by atoms with Gasteiger partial charge in [-0.2, -0.15) is 13.2 Å². The van der Waals surface area contributed by atoms with Crippen molar-refractivity contribution in [3.8, 4) is 5.75 Å². The molecule has 41 heavy (non-hydrogen) atoms. The van der Waals surface area contributed by atoms with Crippen LogP contribution in [0, 0.1) is 5.82 Å². The monoisotopic (exact) mass is 645 g/mol. The molecule has 0 saturated carbocycles. The molecule has 4 N–H and O–H groups in total. The Labute approximate surface area is 242 Å². The molecule has 1 aliphatic rings. The summed E-state index contributed by atoms with van der Waals surface area (Å²) in [6.07, 6.45) is -6.15. The number of fused-ring (bicyclic) bond motifs is 1. The van der Waals surface area contributed by atoms with Gasteiger partial charge in [-0.05, 0) is 73.8 Å². The molecule has 1 aromatic heterocycles. The Morgan fingerprint density at radius 2 is 1.78 bits per heavy atom. The molecule has 4 rings (SSSR count).